The summed E-state index contributed by atoms with van der Waals surface area (Å²) in [5, 5.41) is 13.3. The Kier molecular flexibility index (Phi) is 5.40. The molecule has 4 nitrogen and oxygen atoms in total. The fourth-order valence-corrected chi connectivity index (χ4v) is 5.04. The molecule has 0 spiro atoms. The van der Waals surface area contributed by atoms with Gasteiger partial charge in [0.2, 0.25) is 5.91 Å². The van der Waals surface area contributed by atoms with E-state index in [9.17, 15) is 9.90 Å². The van der Waals surface area contributed by atoms with Gasteiger partial charge in [-0.2, -0.15) is 0 Å². The summed E-state index contributed by atoms with van der Waals surface area (Å²) < 4.78 is 0. The molecular formula is C18H32N2O2. The minimum Gasteiger partial charge on any atom is -0.391 e. The van der Waals surface area contributed by atoms with Crippen molar-refractivity contribution in [2.45, 2.75) is 76.4 Å². The van der Waals surface area contributed by atoms with Crippen molar-refractivity contribution >= 4 is 5.91 Å². The van der Waals surface area contributed by atoms with Gasteiger partial charge >= 0.3 is 0 Å². The second-order valence-electron chi connectivity index (χ2n) is 7.91. The van der Waals surface area contributed by atoms with Gasteiger partial charge in [0.1, 0.15) is 0 Å². The van der Waals surface area contributed by atoms with E-state index in [1.54, 1.807) is 0 Å². The van der Waals surface area contributed by atoms with Gasteiger partial charge in [-0.1, -0.05) is 25.7 Å². The Balaban J connectivity index is 1.45. The van der Waals surface area contributed by atoms with Gasteiger partial charge < -0.3 is 16.2 Å². The molecule has 0 aromatic rings. The topological polar surface area (TPSA) is 75.4 Å². The van der Waals surface area contributed by atoms with E-state index in [1.807, 2.05) is 0 Å². The van der Waals surface area contributed by atoms with E-state index in [0.717, 1.165) is 25.7 Å². The van der Waals surface area contributed by atoms with Crippen molar-refractivity contribution in [1.82, 2.24) is 5.32 Å². The molecule has 3 rings (SSSR count). The summed E-state index contributed by atoms with van der Waals surface area (Å²) in [5.74, 6) is 1.72. The predicted molar refractivity (Wildman–Crippen MR) is 87.1 cm³/mol. The molecule has 3 aliphatic rings. The lowest BCUT2D eigenvalue weighted by Gasteiger charge is -2.43. The first-order valence-corrected chi connectivity index (χ1v) is 9.36. The Morgan fingerprint density at radius 3 is 2.32 bits per heavy atom. The SMILES string of the molecule is NC1C2CCCC1CC(C(=O)NCC(O)C1CCCCC1)C2. The third-order valence-electron chi connectivity index (χ3n) is 6.46. The Labute approximate surface area is 134 Å². The molecule has 3 unspecified atom stereocenters. The first kappa shape index (κ1) is 16.3. The van der Waals surface area contributed by atoms with Crippen molar-refractivity contribution in [1.29, 1.82) is 0 Å². The van der Waals surface area contributed by atoms with Crippen molar-refractivity contribution in [2.24, 2.45) is 29.4 Å². The van der Waals surface area contributed by atoms with Gasteiger partial charge in [-0.25, -0.2) is 0 Å². The molecule has 2 bridgehead atoms. The number of nitrogens with one attached hydrogen (secondary N) is 1. The number of nitrogens with two attached hydrogens (primary N) is 1. The highest BCUT2D eigenvalue weighted by molar-refractivity contribution is 5.78. The number of hydrogen-bond donors (Lipinski definition) is 3. The smallest absolute Gasteiger partial charge is 0.223 e. The quantitative estimate of drug-likeness (QED) is 0.745. The maximum Gasteiger partial charge on any atom is 0.223 e. The van der Waals surface area contributed by atoms with Crippen LogP contribution >= 0.6 is 0 Å². The molecule has 0 aromatic carbocycles. The number of aliphatic hydroxyl groups is 1. The van der Waals surface area contributed by atoms with E-state index < -0.39 is 0 Å². The van der Waals surface area contributed by atoms with Crippen LogP contribution in [0.25, 0.3) is 0 Å². The maximum absolute atomic E-state index is 12.5. The maximum atomic E-state index is 12.5. The molecule has 126 valence electrons. The minimum absolute atomic E-state index is 0.119. The first-order chi connectivity index (χ1) is 10.6. The van der Waals surface area contributed by atoms with Gasteiger partial charge in [0.05, 0.1) is 6.10 Å². The summed E-state index contributed by atoms with van der Waals surface area (Å²) in [7, 11) is 0. The first-order valence-electron chi connectivity index (χ1n) is 9.36. The zero-order valence-electron chi connectivity index (χ0n) is 13.7. The van der Waals surface area contributed by atoms with Gasteiger partial charge in [0.25, 0.3) is 0 Å². The van der Waals surface area contributed by atoms with E-state index in [1.165, 1.54) is 38.5 Å². The third kappa shape index (κ3) is 3.65. The fraction of sp³-hybridized carbons (Fsp3) is 0.944. The van der Waals surface area contributed by atoms with E-state index in [2.05, 4.69) is 5.32 Å². The van der Waals surface area contributed by atoms with Crippen LogP contribution in [0.15, 0.2) is 0 Å². The number of hydrogen-bond acceptors (Lipinski definition) is 3. The Morgan fingerprint density at radius 1 is 1.05 bits per heavy atom. The zero-order chi connectivity index (χ0) is 15.5. The highest BCUT2D eigenvalue weighted by Gasteiger charge is 2.40. The van der Waals surface area contributed by atoms with Crippen LogP contribution in [-0.2, 0) is 4.79 Å². The fourth-order valence-electron chi connectivity index (χ4n) is 5.04. The molecule has 0 aliphatic heterocycles. The van der Waals surface area contributed by atoms with Crippen LogP contribution in [0.5, 0.6) is 0 Å². The van der Waals surface area contributed by atoms with Crippen molar-refractivity contribution < 1.29 is 9.90 Å². The number of fused-ring (bicyclic) bond motifs is 2. The molecule has 0 radical (unpaired) electrons. The molecule has 3 atom stereocenters. The second-order valence-corrected chi connectivity index (χ2v) is 7.91. The van der Waals surface area contributed by atoms with Crippen LogP contribution in [0, 0.1) is 23.7 Å². The van der Waals surface area contributed by atoms with Crippen LogP contribution in [0.1, 0.15) is 64.2 Å². The second kappa shape index (κ2) is 7.31. The lowest BCUT2D eigenvalue weighted by atomic mass is 9.65. The predicted octanol–water partition coefficient (Wildman–Crippen LogP) is 2.20. The zero-order valence-corrected chi connectivity index (χ0v) is 13.7. The van der Waals surface area contributed by atoms with Crippen molar-refractivity contribution in [2.75, 3.05) is 6.54 Å². The van der Waals surface area contributed by atoms with Crippen LogP contribution in [0.2, 0.25) is 0 Å². The molecular weight excluding hydrogens is 276 g/mol. The third-order valence-corrected chi connectivity index (χ3v) is 6.46. The summed E-state index contributed by atoms with van der Waals surface area (Å²) >= 11 is 0. The number of carbonyl (C=O) groups excluding carboxylic acids is 1. The Hall–Kier alpha value is -0.610. The Morgan fingerprint density at radius 2 is 1.68 bits per heavy atom. The molecule has 0 aromatic heterocycles. The average Bonchev–Trinajstić information content (AvgIpc) is 2.53. The van der Waals surface area contributed by atoms with Gasteiger partial charge in [-0.15, -0.1) is 0 Å². The minimum atomic E-state index is -0.366. The van der Waals surface area contributed by atoms with Gasteiger partial charge in [0, 0.05) is 18.5 Å². The molecule has 4 N–H and O–H groups in total. The van der Waals surface area contributed by atoms with E-state index >= 15 is 0 Å². The van der Waals surface area contributed by atoms with Crippen molar-refractivity contribution in [3.8, 4) is 0 Å². The molecule has 4 heteroatoms. The van der Waals surface area contributed by atoms with Crippen LogP contribution < -0.4 is 11.1 Å². The van der Waals surface area contributed by atoms with Gasteiger partial charge in [0.15, 0.2) is 0 Å². The molecule has 0 saturated heterocycles. The number of carbonyl (C=O) groups is 1. The molecule has 3 aliphatic carbocycles. The van der Waals surface area contributed by atoms with Crippen LogP contribution in [-0.4, -0.2) is 29.7 Å². The monoisotopic (exact) mass is 308 g/mol. The summed E-state index contributed by atoms with van der Waals surface area (Å²) in [5.41, 5.74) is 6.29. The van der Waals surface area contributed by atoms with E-state index in [-0.39, 0.29) is 17.9 Å². The summed E-state index contributed by atoms with van der Waals surface area (Å²) in [6.45, 7) is 0.432. The molecule has 3 fully saturated rings. The number of rotatable bonds is 4. The van der Waals surface area contributed by atoms with Crippen LogP contribution in [0.3, 0.4) is 0 Å². The summed E-state index contributed by atoms with van der Waals surface area (Å²) in [4.78, 5) is 12.5. The van der Waals surface area contributed by atoms with Crippen molar-refractivity contribution in [3.63, 3.8) is 0 Å². The van der Waals surface area contributed by atoms with E-state index in [0.29, 0.717) is 30.3 Å². The summed E-state index contributed by atoms with van der Waals surface area (Å²) in [6.07, 6.45) is 11.1. The molecule has 1 amide bonds. The average molecular weight is 308 g/mol. The van der Waals surface area contributed by atoms with Crippen molar-refractivity contribution in [3.05, 3.63) is 0 Å². The lowest BCUT2D eigenvalue weighted by molar-refractivity contribution is -0.128. The lowest BCUT2D eigenvalue weighted by Crippen LogP contribution is -2.49. The van der Waals surface area contributed by atoms with Gasteiger partial charge in [-0.05, 0) is 56.3 Å². The van der Waals surface area contributed by atoms with Gasteiger partial charge in [-0.3, -0.25) is 4.79 Å². The summed E-state index contributed by atoms with van der Waals surface area (Å²) in [6, 6.07) is 0.311. The molecule has 3 saturated carbocycles. The largest absolute Gasteiger partial charge is 0.391 e. The molecule has 22 heavy (non-hydrogen) atoms. The van der Waals surface area contributed by atoms with E-state index in [4.69, 9.17) is 5.73 Å². The molecule has 0 heterocycles. The number of amides is 1. The number of aliphatic hydroxyl groups excluding tert-OH is 1. The normalized spacial score (nSPS) is 37.5. The standard InChI is InChI=1S/C18H32N2O2/c19-17-13-7-4-8-14(17)10-15(9-13)18(22)20-11-16(21)12-5-2-1-3-6-12/h12-17,21H,1-11,19H2,(H,20,22). The highest BCUT2D eigenvalue weighted by Crippen LogP contribution is 2.41. The Bertz CT molecular complexity index is 367. The van der Waals surface area contributed by atoms with Crippen LogP contribution in [0.4, 0.5) is 0 Å². The highest BCUT2D eigenvalue weighted by atomic mass is 16.3.